The number of rotatable bonds is 3. The summed E-state index contributed by atoms with van der Waals surface area (Å²) in [4.78, 5) is 12.3. The van der Waals surface area contributed by atoms with Crippen molar-refractivity contribution in [1.29, 1.82) is 0 Å². The van der Waals surface area contributed by atoms with Crippen LogP contribution in [0.5, 0.6) is 0 Å². The molecule has 0 aliphatic carbocycles. The molecule has 3 heteroatoms. The maximum absolute atomic E-state index is 10.7. The lowest BCUT2D eigenvalue weighted by molar-refractivity contribution is -0.901. The van der Waals surface area contributed by atoms with Crippen LogP contribution in [-0.2, 0) is 6.54 Å². The van der Waals surface area contributed by atoms with Gasteiger partial charge in [0, 0.05) is 18.4 Å². The molecule has 0 bridgehead atoms. The van der Waals surface area contributed by atoms with Crippen LogP contribution in [0.1, 0.15) is 28.8 Å². The third-order valence-corrected chi connectivity index (χ3v) is 2.97. The molecule has 0 saturated carbocycles. The molecule has 2 rings (SSSR count). The minimum absolute atomic E-state index is 0.371. The summed E-state index contributed by atoms with van der Waals surface area (Å²) in [7, 11) is 0. The van der Waals surface area contributed by atoms with Gasteiger partial charge in [-0.2, -0.15) is 0 Å². The lowest BCUT2D eigenvalue weighted by Crippen LogP contribution is -3.08. The SMILES string of the molecule is O=C(O)c1ccc(C[NH+]2CCCC2)cc1. The van der Waals surface area contributed by atoms with Gasteiger partial charge in [0.05, 0.1) is 18.7 Å². The van der Waals surface area contributed by atoms with Crippen LogP contribution >= 0.6 is 0 Å². The predicted octanol–water partition coefficient (Wildman–Crippen LogP) is 0.563. The van der Waals surface area contributed by atoms with Crippen molar-refractivity contribution in [1.82, 2.24) is 0 Å². The Kier molecular flexibility index (Phi) is 3.02. The number of quaternary nitrogens is 1. The maximum Gasteiger partial charge on any atom is 0.335 e. The number of likely N-dealkylation sites (tertiary alicyclic amines) is 1. The first-order valence-corrected chi connectivity index (χ1v) is 5.41. The summed E-state index contributed by atoms with van der Waals surface area (Å²) in [5, 5.41) is 8.75. The number of carboxylic acid groups (broad SMARTS) is 1. The highest BCUT2D eigenvalue weighted by atomic mass is 16.4. The van der Waals surface area contributed by atoms with Crippen LogP contribution in [0.15, 0.2) is 24.3 Å². The van der Waals surface area contributed by atoms with Crippen molar-refractivity contribution >= 4 is 5.97 Å². The fraction of sp³-hybridized carbons (Fsp3) is 0.417. The van der Waals surface area contributed by atoms with Crippen molar-refractivity contribution in [2.75, 3.05) is 13.1 Å². The molecule has 1 heterocycles. The number of nitrogens with one attached hydrogen (secondary N) is 1. The Labute approximate surface area is 89.3 Å². The molecule has 0 aromatic heterocycles. The van der Waals surface area contributed by atoms with Gasteiger partial charge in [0.15, 0.2) is 0 Å². The molecule has 3 nitrogen and oxygen atoms in total. The molecule has 1 saturated heterocycles. The van der Waals surface area contributed by atoms with E-state index >= 15 is 0 Å². The van der Waals surface area contributed by atoms with Crippen LogP contribution in [0.2, 0.25) is 0 Å². The van der Waals surface area contributed by atoms with E-state index in [1.54, 1.807) is 17.0 Å². The Morgan fingerprint density at radius 3 is 2.33 bits per heavy atom. The van der Waals surface area contributed by atoms with Gasteiger partial charge in [-0.1, -0.05) is 12.1 Å². The third kappa shape index (κ3) is 2.57. The van der Waals surface area contributed by atoms with E-state index in [0.717, 1.165) is 6.54 Å². The Morgan fingerprint density at radius 1 is 1.20 bits per heavy atom. The second kappa shape index (κ2) is 4.45. The average molecular weight is 206 g/mol. The smallest absolute Gasteiger partial charge is 0.335 e. The molecule has 1 aromatic rings. The fourth-order valence-corrected chi connectivity index (χ4v) is 2.11. The summed E-state index contributed by atoms with van der Waals surface area (Å²) in [5.74, 6) is -0.852. The molecular formula is C12H16NO2+. The molecule has 1 aliphatic rings. The van der Waals surface area contributed by atoms with Crippen LogP contribution < -0.4 is 4.90 Å². The van der Waals surface area contributed by atoms with Crippen molar-refractivity contribution in [3.05, 3.63) is 35.4 Å². The van der Waals surface area contributed by atoms with Crippen molar-refractivity contribution in [2.45, 2.75) is 19.4 Å². The zero-order valence-corrected chi connectivity index (χ0v) is 8.70. The normalized spacial score (nSPS) is 16.8. The van der Waals surface area contributed by atoms with E-state index in [1.165, 1.54) is 31.5 Å². The zero-order valence-electron chi connectivity index (χ0n) is 8.70. The van der Waals surface area contributed by atoms with E-state index in [-0.39, 0.29) is 0 Å². The summed E-state index contributed by atoms with van der Waals surface area (Å²) in [6.45, 7) is 3.53. The van der Waals surface area contributed by atoms with E-state index < -0.39 is 5.97 Å². The molecule has 80 valence electrons. The van der Waals surface area contributed by atoms with Crippen LogP contribution in [-0.4, -0.2) is 24.2 Å². The van der Waals surface area contributed by atoms with Crippen molar-refractivity contribution in [2.24, 2.45) is 0 Å². The van der Waals surface area contributed by atoms with Crippen molar-refractivity contribution < 1.29 is 14.8 Å². The van der Waals surface area contributed by atoms with Crippen LogP contribution in [0.4, 0.5) is 0 Å². The fourth-order valence-electron chi connectivity index (χ4n) is 2.11. The predicted molar refractivity (Wildman–Crippen MR) is 57.0 cm³/mol. The van der Waals surface area contributed by atoms with Crippen molar-refractivity contribution in [3.63, 3.8) is 0 Å². The van der Waals surface area contributed by atoms with Gasteiger partial charge in [0.25, 0.3) is 0 Å². The number of benzene rings is 1. The first kappa shape index (κ1) is 10.2. The topological polar surface area (TPSA) is 41.7 Å². The van der Waals surface area contributed by atoms with E-state index in [0.29, 0.717) is 5.56 Å². The van der Waals surface area contributed by atoms with Crippen LogP contribution in [0.3, 0.4) is 0 Å². The Hall–Kier alpha value is -1.35. The number of aromatic carboxylic acids is 1. The molecule has 2 N–H and O–H groups in total. The van der Waals surface area contributed by atoms with Gasteiger partial charge >= 0.3 is 5.97 Å². The number of carbonyl (C=O) groups is 1. The standard InChI is InChI=1S/C12H15NO2/c14-12(15)11-5-3-10(4-6-11)9-13-7-1-2-8-13/h3-6H,1-2,7-9H2,(H,14,15)/p+1. The Balaban J connectivity index is 2.00. The average Bonchev–Trinajstić information content (AvgIpc) is 2.71. The zero-order chi connectivity index (χ0) is 10.7. The van der Waals surface area contributed by atoms with Gasteiger partial charge in [0.2, 0.25) is 0 Å². The molecule has 1 aromatic carbocycles. The Morgan fingerprint density at radius 2 is 1.80 bits per heavy atom. The molecule has 15 heavy (non-hydrogen) atoms. The quantitative estimate of drug-likeness (QED) is 0.759. The van der Waals surface area contributed by atoms with E-state index in [4.69, 9.17) is 5.11 Å². The largest absolute Gasteiger partial charge is 0.478 e. The van der Waals surface area contributed by atoms with Gasteiger partial charge in [-0.05, 0) is 12.1 Å². The van der Waals surface area contributed by atoms with E-state index in [2.05, 4.69) is 0 Å². The number of carboxylic acids is 1. The van der Waals surface area contributed by atoms with Gasteiger partial charge in [-0.25, -0.2) is 4.79 Å². The second-order valence-electron chi connectivity index (χ2n) is 4.14. The van der Waals surface area contributed by atoms with E-state index in [1.807, 2.05) is 12.1 Å². The molecule has 1 fully saturated rings. The number of hydrogen-bond donors (Lipinski definition) is 2. The molecule has 0 spiro atoms. The van der Waals surface area contributed by atoms with E-state index in [9.17, 15) is 4.79 Å². The lowest BCUT2D eigenvalue weighted by Gasteiger charge is -2.11. The minimum atomic E-state index is -0.852. The Bertz CT molecular complexity index is 339. The minimum Gasteiger partial charge on any atom is -0.478 e. The molecule has 0 unspecified atom stereocenters. The van der Waals surface area contributed by atoms with Gasteiger partial charge in [-0.3, -0.25) is 0 Å². The monoisotopic (exact) mass is 206 g/mol. The number of hydrogen-bond acceptors (Lipinski definition) is 1. The summed E-state index contributed by atoms with van der Waals surface area (Å²) in [6, 6.07) is 7.23. The maximum atomic E-state index is 10.7. The highest BCUT2D eigenvalue weighted by Gasteiger charge is 2.15. The molecule has 1 aliphatic heterocycles. The lowest BCUT2D eigenvalue weighted by atomic mass is 10.1. The van der Waals surface area contributed by atoms with Crippen molar-refractivity contribution in [3.8, 4) is 0 Å². The van der Waals surface area contributed by atoms with Gasteiger partial charge in [0.1, 0.15) is 6.54 Å². The molecular weight excluding hydrogens is 190 g/mol. The summed E-state index contributed by atoms with van der Waals surface area (Å²) in [5.41, 5.74) is 1.60. The molecule has 0 amide bonds. The molecule has 0 radical (unpaired) electrons. The second-order valence-corrected chi connectivity index (χ2v) is 4.14. The van der Waals surface area contributed by atoms with Gasteiger partial charge in [-0.15, -0.1) is 0 Å². The van der Waals surface area contributed by atoms with Crippen LogP contribution in [0, 0.1) is 0 Å². The third-order valence-electron chi connectivity index (χ3n) is 2.97. The van der Waals surface area contributed by atoms with Gasteiger partial charge < -0.3 is 10.0 Å². The highest BCUT2D eigenvalue weighted by molar-refractivity contribution is 5.87. The summed E-state index contributed by atoms with van der Waals surface area (Å²) in [6.07, 6.45) is 2.64. The highest BCUT2D eigenvalue weighted by Crippen LogP contribution is 2.03. The van der Waals surface area contributed by atoms with Crippen LogP contribution in [0.25, 0.3) is 0 Å². The summed E-state index contributed by atoms with van der Waals surface area (Å²) < 4.78 is 0. The first-order chi connectivity index (χ1) is 7.25. The first-order valence-electron chi connectivity index (χ1n) is 5.41. The molecule has 0 atom stereocenters. The summed E-state index contributed by atoms with van der Waals surface area (Å²) >= 11 is 0.